The van der Waals surface area contributed by atoms with E-state index >= 15 is 0 Å². The van der Waals surface area contributed by atoms with Crippen LogP contribution in [0.15, 0.2) is 30.3 Å². The van der Waals surface area contributed by atoms with E-state index in [-0.39, 0.29) is 0 Å². The predicted octanol–water partition coefficient (Wildman–Crippen LogP) is 2.78. The van der Waals surface area contributed by atoms with Crippen molar-refractivity contribution in [3.63, 3.8) is 0 Å². The lowest BCUT2D eigenvalue weighted by Gasteiger charge is -2.33. The van der Waals surface area contributed by atoms with Crippen molar-refractivity contribution in [2.24, 2.45) is 5.41 Å². The van der Waals surface area contributed by atoms with Crippen molar-refractivity contribution < 1.29 is 4.74 Å². The highest BCUT2D eigenvalue weighted by atomic mass is 16.5. The Morgan fingerprint density at radius 3 is 2.70 bits per heavy atom. The largest absolute Gasteiger partial charge is 0.492 e. The molecule has 1 atom stereocenters. The van der Waals surface area contributed by atoms with Crippen molar-refractivity contribution in [3.05, 3.63) is 30.3 Å². The monoisotopic (exact) mass is 276 g/mol. The summed E-state index contributed by atoms with van der Waals surface area (Å²) in [4.78, 5) is 2.53. The van der Waals surface area contributed by atoms with Crippen molar-refractivity contribution in [2.45, 2.75) is 33.2 Å². The van der Waals surface area contributed by atoms with Crippen molar-refractivity contribution in [3.8, 4) is 5.75 Å². The van der Waals surface area contributed by atoms with E-state index in [1.165, 1.54) is 6.42 Å². The number of benzene rings is 1. The Bertz CT molecular complexity index is 386. The van der Waals surface area contributed by atoms with Gasteiger partial charge in [0.1, 0.15) is 12.4 Å². The average molecular weight is 276 g/mol. The van der Waals surface area contributed by atoms with Crippen LogP contribution in [0.3, 0.4) is 0 Å². The molecule has 1 aromatic carbocycles. The zero-order valence-electron chi connectivity index (χ0n) is 13.1. The molecule has 1 fully saturated rings. The van der Waals surface area contributed by atoms with E-state index in [0.717, 1.165) is 38.5 Å². The third kappa shape index (κ3) is 4.80. The predicted molar refractivity (Wildman–Crippen MR) is 84.2 cm³/mol. The van der Waals surface area contributed by atoms with E-state index in [1.807, 2.05) is 30.3 Å². The normalized spacial score (nSPS) is 21.4. The van der Waals surface area contributed by atoms with E-state index in [0.29, 0.717) is 11.5 Å². The summed E-state index contributed by atoms with van der Waals surface area (Å²) in [6, 6.07) is 10.6. The van der Waals surface area contributed by atoms with Crippen LogP contribution in [0.2, 0.25) is 0 Å². The first-order valence-electron chi connectivity index (χ1n) is 7.69. The Labute approximate surface area is 123 Å². The zero-order valence-corrected chi connectivity index (χ0v) is 13.1. The van der Waals surface area contributed by atoms with Gasteiger partial charge < -0.3 is 10.1 Å². The minimum Gasteiger partial charge on any atom is -0.492 e. The van der Waals surface area contributed by atoms with E-state index in [9.17, 15) is 0 Å². The topological polar surface area (TPSA) is 24.5 Å². The molecule has 1 saturated heterocycles. The molecule has 3 heteroatoms. The highest BCUT2D eigenvalue weighted by Gasteiger charge is 2.27. The van der Waals surface area contributed by atoms with Gasteiger partial charge in [0, 0.05) is 19.1 Å². The molecule has 1 aliphatic heterocycles. The van der Waals surface area contributed by atoms with Gasteiger partial charge in [-0.3, -0.25) is 4.90 Å². The van der Waals surface area contributed by atoms with Crippen LogP contribution in [0.1, 0.15) is 27.2 Å². The molecule has 0 amide bonds. The third-order valence-corrected chi connectivity index (χ3v) is 3.95. The number of nitrogens with one attached hydrogen (secondary N) is 1. The molecule has 0 aromatic heterocycles. The molecule has 1 N–H and O–H groups in total. The maximum atomic E-state index is 5.81. The van der Waals surface area contributed by atoms with Gasteiger partial charge in [-0.15, -0.1) is 0 Å². The maximum absolute atomic E-state index is 5.81. The molecule has 0 spiro atoms. The quantitative estimate of drug-likeness (QED) is 0.915. The zero-order chi connectivity index (χ0) is 14.4. The van der Waals surface area contributed by atoms with E-state index in [4.69, 9.17) is 4.74 Å². The van der Waals surface area contributed by atoms with Crippen molar-refractivity contribution >= 4 is 0 Å². The van der Waals surface area contributed by atoms with Gasteiger partial charge >= 0.3 is 0 Å². The Morgan fingerprint density at radius 2 is 2.00 bits per heavy atom. The van der Waals surface area contributed by atoms with Gasteiger partial charge in [0.05, 0.1) is 0 Å². The lowest BCUT2D eigenvalue weighted by molar-refractivity contribution is 0.171. The number of para-hydroxylation sites is 1. The number of hydrogen-bond donors (Lipinski definition) is 1. The first-order valence-corrected chi connectivity index (χ1v) is 7.69. The molecule has 1 heterocycles. The fourth-order valence-electron chi connectivity index (χ4n) is 2.59. The summed E-state index contributed by atoms with van der Waals surface area (Å²) in [5, 5.41) is 3.68. The molecule has 112 valence electrons. The van der Waals surface area contributed by atoms with Crippen molar-refractivity contribution in [1.82, 2.24) is 10.2 Å². The second kappa shape index (κ2) is 7.09. The third-order valence-electron chi connectivity index (χ3n) is 3.95. The van der Waals surface area contributed by atoms with Crippen LogP contribution < -0.4 is 10.1 Å². The lowest BCUT2D eigenvalue weighted by Crippen LogP contribution is -2.46. The Balaban J connectivity index is 1.79. The molecule has 2 rings (SSSR count). The van der Waals surface area contributed by atoms with Gasteiger partial charge in [0.15, 0.2) is 0 Å². The second-order valence-corrected chi connectivity index (χ2v) is 6.69. The van der Waals surface area contributed by atoms with Crippen LogP contribution in [-0.2, 0) is 0 Å². The fourth-order valence-corrected chi connectivity index (χ4v) is 2.59. The summed E-state index contributed by atoms with van der Waals surface area (Å²) >= 11 is 0. The number of ether oxygens (including phenoxy) is 1. The standard InChI is InChI=1S/C17H28N2O/c1-17(2,3)16-14-19(11-7-10-18-16)12-13-20-15-8-5-4-6-9-15/h4-6,8-9,16,18H,7,10-14H2,1-3H3. The lowest BCUT2D eigenvalue weighted by atomic mass is 9.86. The molecule has 0 saturated carbocycles. The first-order chi connectivity index (χ1) is 9.55. The summed E-state index contributed by atoms with van der Waals surface area (Å²) in [5.74, 6) is 0.966. The molecule has 0 radical (unpaired) electrons. The second-order valence-electron chi connectivity index (χ2n) is 6.69. The van der Waals surface area contributed by atoms with Crippen LogP contribution in [0.5, 0.6) is 5.75 Å². The molecule has 0 aliphatic carbocycles. The van der Waals surface area contributed by atoms with Crippen LogP contribution in [0.4, 0.5) is 0 Å². The van der Waals surface area contributed by atoms with Crippen molar-refractivity contribution in [2.75, 3.05) is 32.8 Å². The highest BCUT2D eigenvalue weighted by Crippen LogP contribution is 2.21. The van der Waals surface area contributed by atoms with Gasteiger partial charge in [-0.25, -0.2) is 0 Å². The fraction of sp³-hybridized carbons (Fsp3) is 0.647. The van der Waals surface area contributed by atoms with Gasteiger partial charge in [0.2, 0.25) is 0 Å². The van der Waals surface area contributed by atoms with Gasteiger partial charge in [-0.1, -0.05) is 39.0 Å². The van der Waals surface area contributed by atoms with Crippen LogP contribution >= 0.6 is 0 Å². The summed E-state index contributed by atoms with van der Waals surface area (Å²) in [6.07, 6.45) is 1.22. The minimum absolute atomic E-state index is 0.308. The highest BCUT2D eigenvalue weighted by molar-refractivity contribution is 5.20. The summed E-state index contributed by atoms with van der Waals surface area (Å²) in [6.45, 7) is 12.1. The SMILES string of the molecule is CC(C)(C)C1CN(CCOc2ccccc2)CCCN1. The average Bonchev–Trinajstić information content (AvgIpc) is 2.65. The summed E-state index contributed by atoms with van der Waals surface area (Å²) in [5.41, 5.74) is 0.308. The van der Waals surface area contributed by atoms with Crippen LogP contribution in [0.25, 0.3) is 0 Å². The van der Waals surface area contributed by atoms with Gasteiger partial charge in [-0.05, 0) is 37.1 Å². The van der Waals surface area contributed by atoms with Crippen molar-refractivity contribution in [1.29, 1.82) is 0 Å². The Kier molecular flexibility index (Phi) is 5.44. The molecular formula is C17H28N2O. The minimum atomic E-state index is 0.308. The van der Waals surface area contributed by atoms with E-state index in [1.54, 1.807) is 0 Å². The molecule has 0 bridgehead atoms. The smallest absolute Gasteiger partial charge is 0.119 e. The molecule has 1 aromatic rings. The molecule has 1 aliphatic rings. The van der Waals surface area contributed by atoms with E-state index in [2.05, 4.69) is 31.0 Å². The van der Waals surface area contributed by atoms with E-state index < -0.39 is 0 Å². The summed E-state index contributed by atoms with van der Waals surface area (Å²) in [7, 11) is 0. The Hall–Kier alpha value is -1.06. The number of rotatable bonds is 4. The number of nitrogens with zero attached hydrogens (tertiary/aromatic N) is 1. The summed E-state index contributed by atoms with van der Waals surface area (Å²) < 4.78 is 5.81. The van der Waals surface area contributed by atoms with Crippen LogP contribution in [0, 0.1) is 5.41 Å². The first kappa shape index (κ1) is 15.3. The molecule has 1 unspecified atom stereocenters. The Morgan fingerprint density at radius 1 is 1.25 bits per heavy atom. The van der Waals surface area contributed by atoms with Crippen LogP contribution in [-0.4, -0.2) is 43.7 Å². The van der Waals surface area contributed by atoms with Gasteiger partial charge in [-0.2, -0.15) is 0 Å². The molecule has 3 nitrogen and oxygen atoms in total. The molecular weight excluding hydrogens is 248 g/mol. The number of hydrogen-bond acceptors (Lipinski definition) is 3. The maximum Gasteiger partial charge on any atom is 0.119 e. The van der Waals surface area contributed by atoms with Gasteiger partial charge in [0.25, 0.3) is 0 Å². The molecule has 20 heavy (non-hydrogen) atoms.